The van der Waals surface area contributed by atoms with E-state index in [9.17, 15) is 23.1 Å². The van der Waals surface area contributed by atoms with E-state index in [1.807, 2.05) is 18.2 Å². The lowest BCUT2D eigenvalue weighted by atomic mass is 9.81. The van der Waals surface area contributed by atoms with Gasteiger partial charge in [0.2, 0.25) is 0 Å². The quantitative estimate of drug-likeness (QED) is 0.905. The molecule has 1 fully saturated rings. The van der Waals surface area contributed by atoms with Crippen LogP contribution in [0.25, 0.3) is 0 Å². The monoisotopic (exact) mass is 287 g/mol. The average Bonchev–Trinajstić information content (AvgIpc) is 2.45. The molecule has 0 saturated carbocycles. The summed E-state index contributed by atoms with van der Waals surface area (Å²) in [5.41, 5.74) is 0.853. The molecule has 0 aliphatic carbocycles. The zero-order valence-electron chi connectivity index (χ0n) is 10.8. The molecule has 6 heteroatoms. The number of rotatable bonds is 2. The van der Waals surface area contributed by atoms with Crippen molar-refractivity contribution in [2.24, 2.45) is 5.92 Å². The van der Waals surface area contributed by atoms with Gasteiger partial charge in [0.15, 0.2) is 0 Å². The molecular formula is C14H16F3NO2. The number of amides is 1. The van der Waals surface area contributed by atoms with Gasteiger partial charge in [0, 0.05) is 25.6 Å². The van der Waals surface area contributed by atoms with E-state index in [1.54, 1.807) is 12.1 Å². The maximum absolute atomic E-state index is 12.5. The van der Waals surface area contributed by atoms with E-state index in [0.717, 1.165) is 10.5 Å². The SMILES string of the molecule is O=C(N1CC[C@H](CO)[C@@H](c2ccccc2)C1)C(F)(F)F. The van der Waals surface area contributed by atoms with Crippen LogP contribution >= 0.6 is 0 Å². The van der Waals surface area contributed by atoms with E-state index in [-0.39, 0.29) is 31.5 Å². The minimum atomic E-state index is -4.84. The number of halogens is 3. The predicted molar refractivity (Wildman–Crippen MR) is 67.0 cm³/mol. The van der Waals surface area contributed by atoms with Gasteiger partial charge in [-0.1, -0.05) is 30.3 Å². The van der Waals surface area contributed by atoms with Crippen LogP contribution in [0.15, 0.2) is 30.3 Å². The van der Waals surface area contributed by atoms with E-state index in [2.05, 4.69) is 0 Å². The summed E-state index contributed by atoms with van der Waals surface area (Å²) in [5.74, 6) is -2.18. The standard InChI is InChI=1S/C14H16F3NO2/c15-14(16,17)13(20)18-7-6-11(9-19)12(8-18)10-4-2-1-3-5-10/h1-5,11-12,19H,6-9H2/t11-,12-/m1/s1. The number of hydrogen-bond acceptors (Lipinski definition) is 2. The van der Waals surface area contributed by atoms with Gasteiger partial charge >= 0.3 is 12.1 Å². The highest BCUT2D eigenvalue weighted by Gasteiger charge is 2.45. The first kappa shape index (κ1) is 14.8. The molecule has 20 heavy (non-hydrogen) atoms. The van der Waals surface area contributed by atoms with Gasteiger partial charge in [-0.25, -0.2) is 0 Å². The molecule has 1 aliphatic heterocycles. The molecule has 0 aromatic heterocycles. The highest BCUT2D eigenvalue weighted by molar-refractivity contribution is 5.82. The van der Waals surface area contributed by atoms with Crippen LogP contribution in [-0.2, 0) is 4.79 Å². The van der Waals surface area contributed by atoms with Crippen LogP contribution in [0.5, 0.6) is 0 Å². The van der Waals surface area contributed by atoms with Crippen LogP contribution in [0.4, 0.5) is 13.2 Å². The van der Waals surface area contributed by atoms with Crippen LogP contribution in [0.3, 0.4) is 0 Å². The van der Waals surface area contributed by atoms with Gasteiger partial charge in [0.05, 0.1) is 0 Å². The molecular weight excluding hydrogens is 271 g/mol. The molecule has 0 unspecified atom stereocenters. The van der Waals surface area contributed by atoms with E-state index in [0.29, 0.717) is 6.42 Å². The zero-order valence-corrected chi connectivity index (χ0v) is 10.8. The Morgan fingerprint density at radius 2 is 1.95 bits per heavy atom. The smallest absolute Gasteiger partial charge is 0.396 e. The summed E-state index contributed by atoms with van der Waals surface area (Å²) in [5, 5.41) is 9.38. The summed E-state index contributed by atoms with van der Waals surface area (Å²) in [6, 6.07) is 9.05. The van der Waals surface area contributed by atoms with Gasteiger partial charge < -0.3 is 10.0 Å². The van der Waals surface area contributed by atoms with Crippen molar-refractivity contribution in [1.29, 1.82) is 0 Å². The summed E-state index contributed by atoms with van der Waals surface area (Å²) >= 11 is 0. The molecule has 110 valence electrons. The topological polar surface area (TPSA) is 40.5 Å². The Kier molecular flexibility index (Phi) is 4.32. The lowest BCUT2D eigenvalue weighted by molar-refractivity contribution is -0.187. The minimum Gasteiger partial charge on any atom is -0.396 e. The van der Waals surface area contributed by atoms with Gasteiger partial charge in [-0.15, -0.1) is 0 Å². The maximum atomic E-state index is 12.5. The third-order valence-corrected chi connectivity index (χ3v) is 3.75. The number of piperidine rings is 1. The van der Waals surface area contributed by atoms with Crippen LogP contribution in [0, 0.1) is 5.92 Å². The summed E-state index contributed by atoms with van der Waals surface area (Å²) < 4.78 is 37.5. The summed E-state index contributed by atoms with van der Waals surface area (Å²) in [6.45, 7) is -0.0614. The fourth-order valence-corrected chi connectivity index (χ4v) is 2.66. The first-order valence-corrected chi connectivity index (χ1v) is 6.45. The first-order valence-electron chi connectivity index (χ1n) is 6.45. The lowest BCUT2D eigenvalue weighted by Gasteiger charge is -2.38. The van der Waals surface area contributed by atoms with Crippen molar-refractivity contribution in [3.63, 3.8) is 0 Å². The number of carbonyl (C=O) groups is 1. The number of nitrogens with zero attached hydrogens (tertiary/aromatic N) is 1. The molecule has 1 aliphatic rings. The molecule has 0 radical (unpaired) electrons. The number of aliphatic hydroxyl groups excluding tert-OH is 1. The number of aliphatic hydroxyl groups is 1. The summed E-state index contributed by atoms with van der Waals surface area (Å²) in [6.07, 6.45) is -4.47. The number of benzene rings is 1. The number of hydrogen-bond donors (Lipinski definition) is 1. The predicted octanol–water partition coefficient (Wildman–Crippen LogP) is 2.17. The molecule has 2 atom stereocenters. The van der Waals surface area contributed by atoms with Crippen molar-refractivity contribution in [1.82, 2.24) is 4.90 Å². The van der Waals surface area contributed by atoms with Crippen LogP contribution < -0.4 is 0 Å². The van der Waals surface area contributed by atoms with Crippen molar-refractivity contribution in [2.45, 2.75) is 18.5 Å². The van der Waals surface area contributed by atoms with Crippen molar-refractivity contribution >= 4 is 5.91 Å². The van der Waals surface area contributed by atoms with E-state index < -0.39 is 12.1 Å². The van der Waals surface area contributed by atoms with E-state index in [4.69, 9.17) is 0 Å². The largest absolute Gasteiger partial charge is 0.471 e. The number of carbonyl (C=O) groups excluding carboxylic acids is 1. The van der Waals surface area contributed by atoms with Crippen LogP contribution in [0.1, 0.15) is 17.9 Å². The van der Waals surface area contributed by atoms with E-state index >= 15 is 0 Å². The molecule has 3 nitrogen and oxygen atoms in total. The zero-order chi connectivity index (χ0) is 14.8. The van der Waals surface area contributed by atoms with Crippen molar-refractivity contribution in [2.75, 3.05) is 19.7 Å². The fourth-order valence-electron chi connectivity index (χ4n) is 2.66. The molecule has 1 aromatic rings. The normalized spacial score (nSPS) is 23.7. The minimum absolute atomic E-state index is 0.00637. The van der Waals surface area contributed by atoms with Gasteiger partial charge in [0.1, 0.15) is 0 Å². The summed E-state index contributed by atoms with van der Waals surface area (Å²) in [4.78, 5) is 12.2. The van der Waals surface area contributed by atoms with Crippen molar-refractivity contribution in [3.05, 3.63) is 35.9 Å². The Morgan fingerprint density at radius 1 is 1.30 bits per heavy atom. The van der Waals surface area contributed by atoms with E-state index in [1.165, 1.54) is 0 Å². The molecule has 1 saturated heterocycles. The molecule has 1 aromatic carbocycles. The molecule has 1 heterocycles. The van der Waals surface area contributed by atoms with Gasteiger partial charge in [-0.2, -0.15) is 13.2 Å². The second kappa shape index (κ2) is 5.83. The second-order valence-electron chi connectivity index (χ2n) is 5.00. The van der Waals surface area contributed by atoms with Gasteiger partial charge in [0.25, 0.3) is 0 Å². The first-order chi connectivity index (χ1) is 9.43. The maximum Gasteiger partial charge on any atom is 0.471 e. The average molecular weight is 287 g/mol. The fraction of sp³-hybridized carbons (Fsp3) is 0.500. The molecule has 1 N–H and O–H groups in total. The Hall–Kier alpha value is -1.56. The molecule has 0 bridgehead atoms. The Bertz CT molecular complexity index is 461. The molecule has 2 rings (SSSR count). The van der Waals surface area contributed by atoms with Gasteiger partial charge in [-0.05, 0) is 17.9 Å². The second-order valence-corrected chi connectivity index (χ2v) is 5.00. The number of alkyl halides is 3. The lowest BCUT2D eigenvalue weighted by Crippen LogP contribution is -2.48. The highest BCUT2D eigenvalue weighted by Crippen LogP contribution is 2.33. The Balaban J connectivity index is 2.18. The highest BCUT2D eigenvalue weighted by atomic mass is 19.4. The molecule has 0 spiro atoms. The summed E-state index contributed by atoms with van der Waals surface area (Å²) in [7, 11) is 0. The van der Waals surface area contributed by atoms with Crippen molar-refractivity contribution < 1.29 is 23.1 Å². The Morgan fingerprint density at radius 3 is 2.50 bits per heavy atom. The third kappa shape index (κ3) is 3.12. The van der Waals surface area contributed by atoms with Gasteiger partial charge in [-0.3, -0.25) is 4.79 Å². The third-order valence-electron chi connectivity index (χ3n) is 3.75. The Labute approximate surface area is 115 Å². The number of likely N-dealkylation sites (tertiary alicyclic amines) is 1. The van der Waals surface area contributed by atoms with Crippen molar-refractivity contribution in [3.8, 4) is 0 Å². The molecule has 1 amide bonds. The van der Waals surface area contributed by atoms with Crippen LogP contribution in [-0.4, -0.2) is 41.8 Å². The van der Waals surface area contributed by atoms with Crippen LogP contribution in [0.2, 0.25) is 0 Å².